The maximum atomic E-state index is 12.9. The van der Waals surface area contributed by atoms with Crippen LogP contribution in [0.5, 0.6) is 0 Å². The Morgan fingerprint density at radius 2 is 2.33 bits per heavy atom. The molecule has 1 atom stereocenters. The van der Waals surface area contributed by atoms with Gasteiger partial charge in [0, 0.05) is 6.42 Å². The average Bonchev–Trinajstić information content (AvgIpc) is 2.38. The van der Waals surface area contributed by atoms with Gasteiger partial charge in [-0.15, -0.1) is 0 Å². The molecular formula is C13H16FN3O. The van der Waals surface area contributed by atoms with Crippen LogP contribution in [0.25, 0.3) is 0 Å². The van der Waals surface area contributed by atoms with Gasteiger partial charge in [-0.3, -0.25) is 4.79 Å². The summed E-state index contributed by atoms with van der Waals surface area (Å²) in [7, 11) is 0. The number of benzene rings is 1. The van der Waals surface area contributed by atoms with E-state index in [1.807, 2.05) is 13.0 Å². The first-order valence-electron chi connectivity index (χ1n) is 5.80. The first kappa shape index (κ1) is 14.1. The number of hydrogen-bond donors (Lipinski definition) is 2. The molecule has 96 valence electrons. The Kier molecular flexibility index (Phi) is 5.28. The van der Waals surface area contributed by atoms with Crippen LogP contribution in [0.1, 0.15) is 25.3 Å². The summed E-state index contributed by atoms with van der Waals surface area (Å²) in [4.78, 5) is 11.7. The van der Waals surface area contributed by atoms with Crippen molar-refractivity contribution in [1.29, 1.82) is 5.26 Å². The molecule has 0 saturated heterocycles. The molecule has 4 nitrogen and oxygen atoms in total. The highest BCUT2D eigenvalue weighted by Gasteiger charge is 2.12. The Balaban J connectivity index is 2.73. The number of carbonyl (C=O) groups is 1. The van der Waals surface area contributed by atoms with Crippen LogP contribution >= 0.6 is 0 Å². The van der Waals surface area contributed by atoms with E-state index in [0.717, 1.165) is 12.5 Å². The summed E-state index contributed by atoms with van der Waals surface area (Å²) >= 11 is 0. The molecule has 0 aromatic heterocycles. The highest BCUT2D eigenvalue weighted by Crippen LogP contribution is 2.17. The van der Waals surface area contributed by atoms with Gasteiger partial charge in [0.1, 0.15) is 11.9 Å². The molecule has 0 aliphatic heterocycles. The van der Waals surface area contributed by atoms with Crippen molar-refractivity contribution in [2.45, 2.75) is 19.8 Å². The van der Waals surface area contributed by atoms with Crippen molar-refractivity contribution >= 4 is 11.6 Å². The van der Waals surface area contributed by atoms with Gasteiger partial charge >= 0.3 is 0 Å². The summed E-state index contributed by atoms with van der Waals surface area (Å²) in [5, 5.41) is 11.4. The highest BCUT2D eigenvalue weighted by atomic mass is 19.1. The van der Waals surface area contributed by atoms with E-state index in [4.69, 9.17) is 11.0 Å². The molecule has 0 bridgehead atoms. The summed E-state index contributed by atoms with van der Waals surface area (Å²) in [5.41, 5.74) is 5.96. The average molecular weight is 249 g/mol. The third kappa shape index (κ3) is 3.82. The number of nitrogens with zero attached hydrogens (tertiary/aromatic N) is 1. The minimum atomic E-state index is -0.502. The number of anilines is 1. The number of nitrogens with one attached hydrogen (secondary N) is 1. The van der Waals surface area contributed by atoms with Crippen molar-refractivity contribution in [3.8, 4) is 6.07 Å². The van der Waals surface area contributed by atoms with E-state index in [0.29, 0.717) is 18.7 Å². The minimum absolute atomic E-state index is 0.115. The lowest BCUT2D eigenvalue weighted by Crippen LogP contribution is -2.22. The maximum absolute atomic E-state index is 12.9. The number of carbonyl (C=O) groups excluding carboxylic acids is 1. The normalized spacial score (nSPS) is 11.7. The van der Waals surface area contributed by atoms with E-state index in [1.165, 1.54) is 12.1 Å². The van der Waals surface area contributed by atoms with Gasteiger partial charge in [-0.2, -0.15) is 5.26 Å². The smallest absolute Gasteiger partial charge is 0.224 e. The van der Waals surface area contributed by atoms with Crippen LogP contribution in [0.4, 0.5) is 10.1 Å². The second kappa shape index (κ2) is 6.72. The number of halogens is 1. The van der Waals surface area contributed by atoms with Crippen LogP contribution in [0.3, 0.4) is 0 Å². The fourth-order valence-corrected chi connectivity index (χ4v) is 1.58. The zero-order valence-electron chi connectivity index (χ0n) is 10.2. The van der Waals surface area contributed by atoms with Gasteiger partial charge in [0.05, 0.1) is 11.3 Å². The molecule has 0 spiro atoms. The monoisotopic (exact) mass is 249 g/mol. The Labute approximate surface area is 106 Å². The van der Waals surface area contributed by atoms with E-state index in [9.17, 15) is 9.18 Å². The van der Waals surface area contributed by atoms with Crippen LogP contribution < -0.4 is 11.1 Å². The molecule has 0 heterocycles. The number of hydrogen-bond acceptors (Lipinski definition) is 3. The summed E-state index contributed by atoms with van der Waals surface area (Å²) in [5.74, 6) is -0.593. The molecule has 0 saturated carbocycles. The molecule has 1 rings (SSSR count). The molecule has 1 aromatic rings. The lowest BCUT2D eigenvalue weighted by Gasteiger charge is -2.12. The second-order valence-electron chi connectivity index (χ2n) is 4.06. The van der Waals surface area contributed by atoms with Gasteiger partial charge in [0.2, 0.25) is 5.91 Å². The molecule has 0 aliphatic rings. The number of nitrogens with two attached hydrogens (primary N) is 1. The van der Waals surface area contributed by atoms with Crippen LogP contribution in [0.15, 0.2) is 18.2 Å². The van der Waals surface area contributed by atoms with E-state index in [1.54, 1.807) is 0 Å². The van der Waals surface area contributed by atoms with Gasteiger partial charge in [-0.1, -0.05) is 13.3 Å². The Bertz CT molecular complexity index is 464. The van der Waals surface area contributed by atoms with Gasteiger partial charge < -0.3 is 11.1 Å². The maximum Gasteiger partial charge on any atom is 0.224 e. The van der Waals surface area contributed by atoms with Crippen molar-refractivity contribution in [3.63, 3.8) is 0 Å². The Hall–Kier alpha value is -1.93. The first-order chi connectivity index (χ1) is 8.60. The van der Waals surface area contributed by atoms with Crippen LogP contribution in [-0.4, -0.2) is 12.5 Å². The predicted molar refractivity (Wildman–Crippen MR) is 67.2 cm³/mol. The fraction of sp³-hybridized carbons (Fsp3) is 0.385. The third-order valence-corrected chi connectivity index (χ3v) is 2.76. The van der Waals surface area contributed by atoms with Crippen LogP contribution in [0, 0.1) is 23.1 Å². The van der Waals surface area contributed by atoms with E-state index >= 15 is 0 Å². The van der Waals surface area contributed by atoms with Crippen molar-refractivity contribution in [1.82, 2.24) is 0 Å². The van der Waals surface area contributed by atoms with Gasteiger partial charge in [-0.05, 0) is 30.7 Å². The number of rotatable bonds is 5. The van der Waals surface area contributed by atoms with Gasteiger partial charge in [0.25, 0.3) is 0 Å². The lowest BCUT2D eigenvalue weighted by atomic mass is 10.0. The molecule has 0 radical (unpaired) electrons. The second-order valence-corrected chi connectivity index (χ2v) is 4.06. The molecule has 18 heavy (non-hydrogen) atoms. The van der Waals surface area contributed by atoms with Crippen molar-refractivity contribution in [3.05, 3.63) is 29.6 Å². The zero-order valence-corrected chi connectivity index (χ0v) is 10.2. The van der Waals surface area contributed by atoms with Crippen LogP contribution in [0.2, 0.25) is 0 Å². The summed E-state index contributed by atoms with van der Waals surface area (Å²) < 4.78 is 12.9. The number of amides is 1. The van der Waals surface area contributed by atoms with Crippen LogP contribution in [-0.2, 0) is 4.79 Å². The quantitative estimate of drug-likeness (QED) is 0.837. The van der Waals surface area contributed by atoms with E-state index < -0.39 is 5.82 Å². The first-order valence-corrected chi connectivity index (χ1v) is 5.80. The summed E-state index contributed by atoms with van der Waals surface area (Å²) in [6.07, 6.45) is 1.12. The zero-order chi connectivity index (χ0) is 13.5. The molecule has 1 aromatic carbocycles. The van der Waals surface area contributed by atoms with E-state index in [2.05, 4.69) is 5.32 Å². The standard InChI is InChI=1S/C13H16FN3O/c1-2-9(7-15)5-13(18)17-12-4-3-11(14)6-10(12)8-16/h3-4,6,9H,2,5,7,15H2,1H3,(H,17,18). The largest absolute Gasteiger partial charge is 0.330 e. The number of nitriles is 1. The van der Waals surface area contributed by atoms with Crippen molar-refractivity contribution < 1.29 is 9.18 Å². The van der Waals surface area contributed by atoms with E-state index in [-0.39, 0.29) is 17.4 Å². The minimum Gasteiger partial charge on any atom is -0.330 e. The summed E-state index contributed by atoms with van der Waals surface area (Å²) in [6.45, 7) is 2.40. The topological polar surface area (TPSA) is 78.9 Å². The van der Waals surface area contributed by atoms with Gasteiger partial charge in [-0.25, -0.2) is 4.39 Å². The van der Waals surface area contributed by atoms with Gasteiger partial charge in [0.15, 0.2) is 0 Å². The molecule has 5 heteroatoms. The fourth-order valence-electron chi connectivity index (χ4n) is 1.58. The SMILES string of the molecule is CCC(CN)CC(=O)Nc1ccc(F)cc1C#N. The van der Waals surface area contributed by atoms with Crippen molar-refractivity contribution in [2.24, 2.45) is 11.7 Å². The molecular weight excluding hydrogens is 233 g/mol. The Morgan fingerprint density at radius 3 is 2.89 bits per heavy atom. The third-order valence-electron chi connectivity index (χ3n) is 2.76. The summed E-state index contributed by atoms with van der Waals surface area (Å²) in [6, 6.07) is 5.53. The molecule has 0 fully saturated rings. The lowest BCUT2D eigenvalue weighted by molar-refractivity contribution is -0.117. The highest BCUT2D eigenvalue weighted by molar-refractivity contribution is 5.92. The molecule has 1 unspecified atom stereocenters. The Morgan fingerprint density at radius 1 is 1.61 bits per heavy atom. The molecule has 3 N–H and O–H groups in total. The van der Waals surface area contributed by atoms with Crippen molar-refractivity contribution in [2.75, 3.05) is 11.9 Å². The molecule has 1 amide bonds. The predicted octanol–water partition coefficient (Wildman–Crippen LogP) is 2.01. The molecule has 0 aliphatic carbocycles.